The van der Waals surface area contributed by atoms with Gasteiger partial charge in [0.2, 0.25) is 0 Å². The molecule has 0 aliphatic rings. The molecule has 2 aromatic heterocycles. The van der Waals surface area contributed by atoms with E-state index in [0.29, 0.717) is 5.69 Å². The molecule has 0 saturated carbocycles. The molecule has 2 N–H and O–H groups in total. The van der Waals surface area contributed by atoms with Gasteiger partial charge in [-0.1, -0.05) is 0 Å². The van der Waals surface area contributed by atoms with Crippen LogP contribution in [0.3, 0.4) is 0 Å². The first-order valence-corrected chi connectivity index (χ1v) is 7.48. The fourth-order valence-corrected chi connectivity index (χ4v) is 2.63. The molecule has 0 unspecified atom stereocenters. The zero-order valence-corrected chi connectivity index (χ0v) is 13.5. The van der Waals surface area contributed by atoms with Crippen LogP contribution in [0.4, 0.5) is 9.18 Å². The van der Waals surface area contributed by atoms with Gasteiger partial charge in [-0.25, -0.2) is 14.2 Å². The standard InChI is InChI=1S/C17H12FN5O3/c1-9(21-17(25)26)15-22-14-10(7-19)5-11(18)6-13(14)16(24)23(15)12-3-2-4-20-8-12/h2-6,8-9,21H,1H3,(H,25,26)/t9-/m0/s1. The molecule has 3 rings (SSSR count). The number of rotatable bonds is 3. The maximum absolute atomic E-state index is 13.8. The Hall–Kier alpha value is -3.80. The van der Waals surface area contributed by atoms with Gasteiger partial charge >= 0.3 is 6.09 Å². The van der Waals surface area contributed by atoms with Gasteiger partial charge in [0, 0.05) is 6.20 Å². The Morgan fingerprint density at radius 2 is 2.23 bits per heavy atom. The van der Waals surface area contributed by atoms with Gasteiger partial charge in [-0.3, -0.25) is 14.3 Å². The second-order valence-corrected chi connectivity index (χ2v) is 5.45. The van der Waals surface area contributed by atoms with Gasteiger partial charge < -0.3 is 10.4 Å². The lowest BCUT2D eigenvalue weighted by molar-refractivity contribution is 0.190. The summed E-state index contributed by atoms with van der Waals surface area (Å²) in [4.78, 5) is 32.3. The van der Waals surface area contributed by atoms with Crippen molar-refractivity contribution in [3.05, 3.63) is 64.2 Å². The maximum Gasteiger partial charge on any atom is 0.405 e. The summed E-state index contributed by atoms with van der Waals surface area (Å²) in [7, 11) is 0. The second kappa shape index (κ2) is 6.60. The molecule has 1 amide bonds. The van der Waals surface area contributed by atoms with Crippen LogP contribution in [0.2, 0.25) is 0 Å². The van der Waals surface area contributed by atoms with Gasteiger partial charge in [0.05, 0.1) is 34.4 Å². The molecule has 0 radical (unpaired) electrons. The topological polar surface area (TPSA) is 121 Å². The third-order valence-corrected chi connectivity index (χ3v) is 3.72. The van der Waals surface area contributed by atoms with E-state index in [9.17, 15) is 19.2 Å². The molecular weight excluding hydrogens is 341 g/mol. The lowest BCUT2D eigenvalue weighted by Crippen LogP contribution is -2.32. The number of nitrogens with one attached hydrogen (secondary N) is 1. The van der Waals surface area contributed by atoms with Gasteiger partial charge in [-0.15, -0.1) is 0 Å². The van der Waals surface area contributed by atoms with E-state index in [4.69, 9.17) is 5.11 Å². The first kappa shape index (κ1) is 17.0. The number of carbonyl (C=O) groups is 1. The monoisotopic (exact) mass is 353 g/mol. The van der Waals surface area contributed by atoms with Crippen LogP contribution >= 0.6 is 0 Å². The summed E-state index contributed by atoms with van der Waals surface area (Å²) in [6.45, 7) is 1.50. The SMILES string of the molecule is C[C@H](NC(=O)O)c1nc2c(C#N)cc(F)cc2c(=O)n1-c1cccnc1. The predicted molar refractivity (Wildman–Crippen MR) is 89.4 cm³/mol. The largest absolute Gasteiger partial charge is 0.465 e. The van der Waals surface area contributed by atoms with Gasteiger partial charge in [0.25, 0.3) is 5.56 Å². The van der Waals surface area contributed by atoms with Crippen molar-refractivity contribution in [3.63, 3.8) is 0 Å². The Kier molecular flexibility index (Phi) is 4.33. The number of hydrogen-bond donors (Lipinski definition) is 2. The maximum atomic E-state index is 13.8. The van der Waals surface area contributed by atoms with E-state index in [2.05, 4.69) is 15.3 Å². The van der Waals surface area contributed by atoms with Crippen molar-refractivity contribution in [2.75, 3.05) is 0 Å². The number of pyridine rings is 1. The Balaban J connectivity index is 2.43. The zero-order valence-electron chi connectivity index (χ0n) is 13.5. The molecule has 1 aromatic carbocycles. The second-order valence-electron chi connectivity index (χ2n) is 5.45. The molecule has 1 atom stereocenters. The van der Waals surface area contributed by atoms with E-state index in [-0.39, 0.29) is 22.3 Å². The molecule has 8 nitrogen and oxygen atoms in total. The summed E-state index contributed by atoms with van der Waals surface area (Å²) < 4.78 is 14.9. The molecule has 0 aliphatic heterocycles. The molecule has 0 bridgehead atoms. The zero-order chi connectivity index (χ0) is 18.8. The highest BCUT2D eigenvalue weighted by atomic mass is 19.1. The van der Waals surface area contributed by atoms with Gasteiger partial charge in [-0.2, -0.15) is 5.26 Å². The molecule has 0 fully saturated rings. The summed E-state index contributed by atoms with van der Waals surface area (Å²) in [6, 6.07) is 6.08. The van der Waals surface area contributed by atoms with Crippen LogP contribution in [0.5, 0.6) is 0 Å². The normalized spacial score (nSPS) is 11.7. The van der Waals surface area contributed by atoms with Crippen molar-refractivity contribution in [3.8, 4) is 11.8 Å². The van der Waals surface area contributed by atoms with Gasteiger partial charge in [0.15, 0.2) is 0 Å². The fraction of sp³-hybridized carbons (Fsp3) is 0.118. The van der Waals surface area contributed by atoms with E-state index in [1.807, 2.05) is 0 Å². The minimum atomic E-state index is -1.30. The summed E-state index contributed by atoms with van der Waals surface area (Å²) in [6.07, 6.45) is 1.61. The van der Waals surface area contributed by atoms with E-state index >= 15 is 0 Å². The Bertz CT molecular complexity index is 1110. The Morgan fingerprint density at radius 1 is 1.46 bits per heavy atom. The predicted octanol–water partition coefficient (Wildman–Crippen LogP) is 2.12. The van der Waals surface area contributed by atoms with Crippen molar-refractivity contribution in [2.45, 2.75) is 13.0 Å². The fourth-order valence-electron chi connectivity index (χ4n) is 2.63. The van der Waals surface area contributed by atoms with Crippen molar-refractivity contribution in [1.82, 2.24) is 19.9 Å². The summed E-state index contributed by atoms with van der Waals surface area (Å²) in [5, 5.41) is 20.4. The number of nitrogens with zero attached hydrogens (tertiary/aromatic N) is 4. The molecule has 0 spiro atoms. The quantitative estimate of drug-likeness (QED) is 0.744. The minimum absolute atomic E-state index is 0.00748. The van der Waals surface area contributed by atoms with Crippen molar-refractivity contribution < 1.29 is 14.3 Å². The van der Waals surface area contributed by atoms with Gasteiger partial charge in [-0.05, 0) is 31.2 Å². The smallest absolute Gasteiger partial charge is 0.405 e. The van der Waals surface area contributed by atoms with E-state index in [0.717, 1.165) is 16.7 Å². The third-order valence-electron chi connectivity index (χ3n) is 3.72. The van der Waals surface area contributed by atoms with Crippen LogP contribution in [0.25, 0.3) is 16.6 Å². The highest BCUT2D eigenvalue weighted by molar-refractivity contribution is 5.84. The Labute approximate surface area is 146 Å². The summed E-state index contributed by atoms with van der Waals surface area (Å²) in [5.74, 6) is -0.684. The van der Waals surface area contributed by atoms with Crippen LogP contribution in [0.15, 0.2) is 41.5 Å². The minimum Gasteiger partial charge on any atom is -0.465 e. The molecule has 9 heteroatoms. The number of aromatic nitrogens is 3. The van der Waals surface area contributed by atoms with E-state index in [1.165, 1.54) is 19.3 Å². The number of nitriles is 1. The number of carboxylic acid groups (broad SMARTS) is 1. The summed E-state index contributed by atoms with van der Waals surface area (Å²) >= 11 is 0. The van der Waals surface area contributed by atoms with Crippen molar-refractivity contribution in [1.29, 1.82) is 5.26 Å². The van der Waals surface area contributed by atoms with Crippen molar-refractivity contribution in [2.24, 2.45) is 0 Å². The van der Waals surface area contributed by atoms with Crippen LogP contribution < -0.4 is 10.9 Å². The molecular formula is C17H12FN5O3. The number of fused-ring (bicyclic) bond motifs is 1. The average molecular weight is 353 g/mol. The Morgan fingerprint density at radius 3 is 2.85 bits per heavy atom. The van der Waals surface area contributed by atoms with Crippen LogP contribution in [0.1, 0.15) is 24.4 Å². The van der Waals surface area contributed by atoms with Crippen molar-refractivity contribution >= 4 is 17.0 Å². The number of halogens is 1. The third kappa shape index (κ3) is 2.95. The van der Waals surface area contributed by atoms with E-state index in [1.54, 1.807) is 18.2 Å². The molecule has 3 aromatic rings. The highest BCUT2D eigenvalue weighted by Crippen LogP contribution is 2.21. The molecule has 2 heterocycles. The average Bonchev–Trinajstić information content (AvgIpc) is 2.61. The lowest BCUT2D eigenvalue weighted by atomic mass is 10.1. The molecule has 0 saturated heterocycles. The highest BCUT2D eigenvalue weighted by Gasteiger charge is 2.21. The van der Waals surface area contributed by atoms with Crippen LogP contribution in [-0.4, -0.2) is 25.7 Å². The lowest BCUT2D eigenvalue weighted by Gasteiger charge is -2.18. The number of hydrogen-bond acceptors (Lipinski definition) is 5. The molecule has 26 heavy (non-hydrogen) atoms. The molecule has 0 aliphatic carbocycles. The number of benzene rings is 1. The first-order chi connectivity index (χ1) is 12.4. The first-order valence-electron chi connectivity index (χ1n) is 7.48. The molecule has 130 valence electrons. The van der Waals surface area contributed by atoms with Gasteiger partial charge in [0.1, 0.15) is 17.7 Å². The number of amides is 1. The van der Waals surface area contributed by atoms with Crippen LogP contribution in [0, 0.1) is 17.1 Å². The summed E-state index contributed by atoms with van der Waals surface area (Å²) in [5.41, 5.74) is -0.399. The van der Waals surface area contributed by atoms with Crippen LogP contribution in [-0.2, 0) is 0 Å². The van der Waals surface area contributed by atoms with E-state index < -0.39 is 23.5 Å².